The molecule has 8 heavy (non-hydrogen) atoms. The maximum atomic E-state index is 12.1. The monoisotopic (exact) mass is 254 g/mol. The van der Waals surface area contributed by atoms with Crippen molar-refractivity contribution < 1.29 is 13.2 Å². The maximum absolute atomic E-state index is 12.1. The van der Waals surface area contributed by atoms with E-state index in [0.29, 0.717) is 0 Å². The summed E-state index contributed by atoms with van der Waals surface area (Å²) in [7, 11) is 0. The fourth-order valence-corrected chi connectivity index (χ4v) is 0.303. The molecule has 1 atom stereocenters. The highest BCUT2D eigenvalue weighted by atomic mass is 79.9. The highest BCUT2D eigenvalue weighted by Gasteiger charge is 2.35. The predicted octanol–water partition coefficient (Wildman–Crippen LogP) is 2.71. The van der Waals surface area contributed by atoms with Crippen LogP contribution in [-0.4, -0.2) is 16.3 Å². The second-order valence-electron chi connectivity index (χ2n) is 1.20. The molecule has 0 fully saturated rings. The molecule has 0 nitrogen and oxygen atoms in total. The zero-order valence-corrected chi connectivity index (χ0v) is 6.85. The van der Waals surface area contributed by atoms with E-state index in [1.54, 1.807) is 0 Å². The minimum absolute atomic E-state index is 0.405. The van der Waals surface area contributed by atoms with Crippen molar-refractivity contribution >= 4 is 31.9 Å². The van der Waals surface area contributed by atoms with Gasteiger partial charge in [0.2, 0.25) is 4.58 Å². The largest absolute Gasteiger partial charge is 0.282 e. The molecule has 0 aromatic rings. The lowest BCUT2D eigenvalue weighted by molar-refractivity contribution is 0.0465. The second-order valence-corrected chi connectivity index (χ2v) is 3.07. The Kier molecular flexibility index (Phi) is 3.34. The van der Waals surface area contributed by atoms with Crippen molar-refractivity contribution in [1.82, 2.24) is 0 Å². The third kappa shape index (κ3) is 2.35. The van der Waals surface area contributed by atoms with Crippen LogP contribution in [0.5, 0.6) is 0 Å². The molecule has 0 aliphatic heterocycles. The van der Waals surface area contributed by atoms with Gasteiger partial charge in [-0.05, 0) is 15.9 Å². The van der Waals surface area contributed by atoms with Crippen LogP contribution in [0.2, 0.25) is 0 Å². The first-order valence-electron chi connectivity index (χ1n) is 1.72. The molecule has 0 rings (SSSR count). The molecule has 0 spiro atoms. The van der Waals surface area contributed by atoms with Crippen LogP contribution in [0.1, 0.15) is 0 Å². The van der Waals surface area contributed by atoms with Gasteiger partial charge in [0, 0.05) is 0 Å². The average Bonchev–Trinajstić information content (AvgIpc) is 1.67. The summed E-state index contributed by atoms with van der Waals surface area (Å²) in [5.41, 5.74) is 0. The van der Waals surface area contributed by atoms with Gasteiger partial charge < -0.3 is 0 Å². The lowest BCUT2D eigenvalue weighted by atomic mass is 10.5. The maximum Gasteiger partial charge on any atom is 0.282 e. The zero-order valence-electron chi connectivity index (χ0n) is 3.67. The number of hydrogen-bond acceptors (Lipinski definition) is 0. The van der Waals surface area contributed by atoms with E-state index < -0.39 is 16.3 Å². The normalized spacial score (nSPS) is 18.8. The lowest BCUT2D eigenvalue weighted by Gasteiger charge is -2.11. The van der Waals surface area contributed by atoms with E-state index in [0.717, 1.165) is 0 Å². The van der Waals surface area contributed by atoms with Crippen molar-refractivity contribution in [2.75, 3.05) is 5.33 Å². The van der Waals surface area contributed by atoms with E-state index in [9.17, 15) is 13.2 Å². The summed E-state index contributed by atoms with van der Waals surface area (Å²) in [4.78, 5) is 0. The number of rotatable bonds is 2. The summed E-state index contributed by atoms with van der Waals surface area (Å²) < 4.78 is 32.2. The number of hydrogen-bond donors (Lipinski definition) is 0. The quantitative estimate of drug-likeness (QED) is 0.666. The smallest absolute Gasteiger partial charge is 0.224 e. The molecule has 0 radical (unpaired) electrons. The molecule has 0 aliphatic carbocycles. The Bertz CT molecular complexity index is 72.9. The summed E-state index contributed by atoms with van der Waals surface area (Å²) in [6.07, 6.45) is -2.98. The van der Waals surface area contributed by atoms with Crippen LogP contribution in [0.25, 0.3) is 0 Å². The molecule has 0 N–H and O–H groups in total. The van der Waals surface area contributed by atoms with Crippen LogP contribution in [0, 0.1) is 0 Å². The van der Waals surface area contributed by atoms with Gasteiger partial charge >= 0.3 is 0 Å². The van der Waals surface area contributed by atoms with Crippen molar-refractivity contribution in [3.05, 3.63) is 0 Å². The van der Waals surface area contributed by atoms with Gasteiger partial charge in [-0.2, -0.15) is 0 Å². The topological polar surface area (TPSA) is 0 Å². The first kappa shape index (κ1) is 8.75. The summed E-state index contributed by atoms with van der Waals surface area (Å²) >= 11 is 4.75. The third-order valence-corrected chi connectivity index (χ3v) is 2.69. The summed E-state index contributed by atoms with van der Waals surface area (Å²) in [6, 6.07) is 0. The van der Waals surface area contributed by atoms with Crippen LogP contribution < -0.4 is 0 Å². The van der Waals surface area contributed by atoms with Gasteiger partial charge in [-0.25, -0.2) is 13.2 Å². The van der Waals surface area contributed by atoms with Crippen LogP contribution in [0.15, 0.2) is 0 Å². The van der Waals surface area contributed by atoms with Gasteiger partial charge in [0.15, 0.2) is 0 Å². The SMILES string of the molecule is FC(F)[C@](F)(Br)CBr. The Hall–Kier alpha value is 0.750. The Morgan fingerprint density at radius 1 is 1.50 bits per heavy atom. The first-order valence-corrected chi connectivity index (χ1v) is 3.64. The molecule has 0 aromatic heterocycles. The van der Waals surface area contributed by atoms with Gasteiger partial charge in [0.25, 0.3) is 6.43 Å². The first-order chi connectivity index (χ1) is 3.50. The van der Waals surface area contributed by atoms with E-state index in [-0.39, 0.29) is 0 Å². The van der Waals surface area contributed by atoms with Gasteiger partial charge in [0.05, 0.1) is 5.33 Å². The zero-order chi connectivity index (χ0) is 6.78. The summed E-state index contributed by atoms with van der Waals surface area (Å²) in [5, 5.41) is -0.405. The lowest BCUT2D eigenvalue weighted by Crippen LogP contribution is -2.25. The van der Waals surface area contributed by atoms with Crippen LogP contribution in [0.3, 0.4) is 0 Å². The number of alkyl halides is 5. The molecule has 0 heterocycles. The molecule has 0 saturated carbocycles. The van der Waals surface area contributed by atoms with Crippen LogP contribution in [-0.2, 0) is 0 Å². The fourth-order valence-electron chi connectivity index (χ4n) is 0.0583. The van der Waals surface area contributed by atoms with Gasteiger partial charge in [-0.1, -0.05) is 15.9 Å². The Balaban J connectivity index is 3.71. The highest BCUT2D eigenvalue weighted by Crippen LogP contribution is 2.29. The molecule has 50 valence electrons. The predicted molar refractivity (Wildman–Crippen MR) is 32.6 cm³/mol. The third-order valence-electron chi connectivity index (χ3n) is 0.497. The molecular weight excluding hydrogens is 253 g/mol. The minimum atomic E-state index is -2.98. The van der Waals surface area contributed by atoms with Crippen molar-refractivity contribution in [3.63, 3.8) is 0 Å². The summed E-state index contributed by atoms with van der Waals surface area (Å²) in [6.45, 7) is 0. The Morgan fingerprint density at radius 2 is 1.88 bits per heavy atom. The molecule has 0 unspecified atom stereocenters. The van der Waals surface area contributed by atoms with E-state index in [2.05, 4.69) is 31.9 Å². The minimum Gasteiger partial charge on any atom is -0.224 e. The Morgan fingerprint density at radius 3 is 1.88 bits per heavy atom. The van der Waals surface area contributed by atoms with Crippen molar-refractivity contribution in [2.24, 2.45) is 0 Å². The standard InChI is InChI=1S/C3H3Br2F3/c4-1-3(5,8)2(6)7/h2H,1H2/t3-/m0/s1. The van der Waals surface area contributed by atoms with Crippen molar-refractivity contribution in [2.45, 2.75) is 11.0 Å². The average molecular weight is 256 g/mol. The fraction of sp³-hybridized carbons (Fsp3) is 1.00. The van der Waals surface area contributed by atoms with Crippen LogP contribution >= 0.6 is 31.9 Å². The van der Waals surface area contributed by atoms with E-state index in [1.165, 1.54) is 0 Å². The molecule has 0 aromatic carbocycles. The molecule has 0 saturated heterocycles. The van der Waals surface area contributed by atoms with Crippen molar-refractivity contribution in [3.8, 4) is 0 Å². The molecule has 5 heteroatoms. The van der Waals surface area contributed by atoms with E-state index in [1.807, 2.05) is 0 Å². The molecular formula is C3H3Br2F3. The van der Waals surface area contributed by atoms with E-state index >= 15 is 0 Å². The molecule has 0 amide bonds. The van der Waals surface area contributed by atoms with Crippen molar-refractivity contribution in [1.29, 1.82) is 0 Å². The van der Waals surface area contributed by atoms with Gasteiger partial charge in [0.1, 0.15) is 0 Å². The summed E-state index contributed by atoms with van der Waals surface area (Å²) in [5.74, 6) is 0. The molecule has 0 bridgehead atoms. The van der Waals surface area contributed by atoms with Gasteiger partial charge in [-0.15, -0.1) is 0 Å². The highest BCUT2D eigenvalue weighted by molar-refractivity contribution is 9.12. The number of halogens is 5. The van der Waals surface area contributed by atoms with Gasteiger partial charge in [-0.3, -0.25) is 0 Å². The van der Waals surface area contributed by atoms with E-state index in [4.69, 9.17) is 0 Å². The van der Waals surface area contributed by atoms with Crippen LogP contribution in [0.4, 0.5) is 13.2 Å². The molecule has 0 aliphatic rings. The Labute approximate surface area is 61.7 Å². The second kappa shape index (κ2) is 3.06.